The first kappa shape index (κ1) is 9.98. The predicted octanol–water partition coefficient (Wildman–Crippen LogP) is 2.50. The lowest BCUT2D eigenvalue weighted by atomic mass is 10.1. The van der Waals surface area contributed by atoms with Crippen molar-refractivity contribution >= 4 is 27.3 Å². The van der Waals surface area contributed by atoms with Crippen LogP contribution in [0.15, 0.2) is 16.6 Å². The molecule has 0 radical (unpaired) electrons. The zero-order valence-corrected chi connectivity index (χ0v) is 8.67. The highest BCUT2D eigenvalue weighted by Crippen LogP contribution is 2.31. The molecule has 0 bridgehead atoms. The molecule has 0 aliphatic heterocycles. The molecular weight excluding hydrogens is 236 g/mol. The van der Waals surface area contributed by atoms with E-state index in [1.54, 1.807) is 6.07 Å². The van der Waals surface area contributed by atoms with Crippen LogP contribution >= 0.6 is 15.9 Å². The van der Waals surface area contributed by atoms with Crippen molar-refractivity contribution in [3.05, 3.63) is 32.3 Å². The second-order valence-electron chi connectivity index (χ2n) is 2.62. The van der Waals surface area contributed by atoms with E-state index in [0.29, 0.717) is 4.47 Å². The lowest BCUT2D eigenvalue weighted by Crippen LogP contribution is -1.98. The molecule has 0 saturated carbocycles. The Bertz CT molecular complexity index is 352. The van der Waals surface area contributed by atoms with E-state index in [9.17, 15) is 10.1 Å². The molecule has 1 aromatic rings. The normalized spacial score (nSPS) is 10.0. The Labute approximate surface area is 84.0 Å². The van der Waals surface area contributed by atoms with Crippen LogP contribution in [0, 0.1) is 10.1 Å². The third-order valence-electron chi connectivity index (χ3n) is 1.77. The molecule has 0 atom stereocenters. The maximum Gasteiger partial charge on any atom is 0.293 e. The van der Waals surface area contributed by atoms with Crippen LogP contribution < -0.4 is 5.73 Å². The molecule has 2 N–H and O–H groups in total. The van der Waals surface area contributed by atoms with Gasteiger partial charge in [-0.2, -0.15) is 0 Å². The summed E-state index contributed by atoms with van der Waals surface area (Å²) in [6.45, 7) is 1.93. The minimum atomic E-state index is -0.473. The Kier molecular flexibility index (Phi) is 2.87. The lowest BCUT2D eigenvalue weighted by molar-refractivity contribution is -0.384. The van der Waals surface area contributed by atoms with E-state index in [4.69, 9.17) is 5.73 Å². The number of nitrogens with zero attached hydrogens (tertiary/aromatic N) is 1. The summed E-state index contributed by atoms with van der Waals surface area (Å²) in [4.78, 5) is 10.1. The average molecular weight is 245 g/mol. The summed E-state index contributed by atoms with van der Waals surface area (Å²) in [7, 11) is 0. The number of nitrogens with two attached hydrogens (primary N) is 1. The second kappa shape index (κ2) is 3.74. The smallest absolute Gasteiger partial charge is 0.293 e. The Hall–Kier alpha value is -1.10. The van der Waals surface area contributed by atoms with Crippen molar-refractivity contribution in [1.29, 1.82) is 0 Å². The summed E-state index contributed by atoms with van der Waals surface area (Å²) >= 11 is 3.18. The van der Waals surface area contributed by atoms with E-state index in [1.165, 1.54) is 6.07 Å². The van der Waals surface area contributed by atoms with Crippen LogP contribution in [0.4, 0.5) is 11.4 Å². The molecule has 0 aromatic heterocycles. The first-order chi connectivity index (χ1) is 6.06. The van der Waals surface area contributed by atoms with Crippen LogP contribution in [0.25, 0.3) is 0 Å². The van der Waals surface area contributed by atoms with Crippen LogP contribution in [0.3, 0.4) is 0 Å². The summed E-state index contributed by atoms with van der Waals surface area (Å²) in [6, 6.07) is 3.29. The van der Waals surface area contributed by atoms with Gasteiger partial charge in [0, 0.05) is 10.5 Å². The highest BCUT2D eigenvalue weighted by atomic mass is 79.9. The number of anilines is 1. The van der Waals surface area contributed by atoms with Gasteiger partial charge in [0.15, 0.2) is 0 Å². The summed E-state index contributed by atoms with van der Waals surface area (Å²) < 4.78 is 0.582. The second-order valence-corrected chi connectivity index (χ2v) is 3.48. The number of nitro benzene ring substituents is 1. The van der Waals surface area contributed by atoms with E-state index in [1.807, 2.05) is 6.92 Å². The number of nitro groups is 1. The summed E-state index contributed by atoms with van der Waals surface area (Å²) in [6.07, 6.45) is 0.750. The number of halogens is 1. The van der Waals surface area contributed by atoms with Crippen molar-refractivity contribution in [3.63, 3.8) is 0 Å². The van der Waals surface area contributed by atoms with Gasteiger partial charge in [0.2, 0.25) is 0 Å². The van der Waals surface area contributed by atoms with Gasteiger partial charge in [-0.15, -0.1) is 0 Å². The maximum absolute atomic E-state index is 10.5. The Morgan fingerprint density at radius 1 is 1.62 bits per heavy atom. The minimum Gasteiger partial charge on any atom is -0.392 e. The van der Waals surface area contributed by atoms with Gasteiger partial charge >= 0.3 is 0 Å². The fourth-order valence-electron chi connectivity index (χ4n) is 1.01. The summed E-state index contributed by atoms with van der Waals surface area (Å²) in [5.74, 6) is 0. The van der Waals surface area contributed by atoms with Crippen molar-refractivity contribution in [3.8, 4) is 0 Å². The molecule has 0 aliphatic rings. The van der Waals surface area contributed by atoms with Gasteiger partial charge in [-0.1, -0.05) is 6.92 Å². The molecular formula is C8H9BrN2O2. The number of aryl methyl sites for hydroxylation is 1. The number of rotatable bonds is 2. The van der Waals surface area contributed by atoms with Gasteiger partial charge in [-0.25, -0.2) is 0 Å². The summed E-state index contributed by atoms with van der Waals surface area (Å²) in [5, 5.41) is 10.5. The quantitative estimate of drug-likeness (QED) is 0.494. The van der Waals surface area contributed by atoms with Crippen molar-refractivity contribution < 1.29 is 4.92 Å². The van der Waals surface area contributed by atoms with E-state index in [-0.39, 0.29) is 11.4 Å². The lowest BCUT2D eigenvalue weighted by Gasteiger charge is -2.02. The van der Waals surface area contributed by atoms with Crippen molar-refractivity contribution in [2.45, 2.75) is 13.3 Å². The molecule has 0 spiro atoms. The molecule has 0 amide bonds. The highest BCUT2D eigenvalue weighted by Gasteiger charge is 2.14. The van der Waals surface area contributed by atoms with Crippen LogP contribution in [-0.2, 0) is 6.42 Å². The number of nitrogen functional groups attached to an aromatic ring is 1. The van der Waals surface area contributed by atoms with E-state index in [2.05, 4.69) is 15.9 Å². The zero-order valence-electron chi connectivity index (χ0n) is 7.08. The molecule has 0 unspecified atom stereocenters. The van der Waals surface area contributed by atoms with Crippen LogP contribution in [-0.4, -0.2) is 4.92 Å². The first-order valence-corrected chi connectivity index (χ1v) is 4.57. The fourth-order valence-corrected chi connectivity index (χ4v) is 1.51. The number of benzene rings is 1. The predicted molar refractivity (Wildman–Crippen MR) is 54.6 cm³/mol. The van der Waals surface area contributed by atoms with Gasteiger partial charge in [0.05, 0.1) is 4.92 Å². The van der Waals surface area contributed by atoms with Crippen LogP contribution in [0.2, 0.25) is 0 Å². The van der Waals surface area contributed by atoms with Crippen LogP contribution in [0.5, 0.6) is 0 Å². The molecule has 0 aliphatic carbocycles. The van der Waals surface area contributed by atoms with E-state index < -0.39 is 4.92 Å². The Balaban J connectivity index is 3.33. The van der Waals surface area contributed by atoms with Crippen molar-refractivity contribution in [2.24, 2.45) is 0 Å². The van der Waals surface area contributed by atoms with Crippen molar-refractivity contribution in [2.75, 3.05) is 5.73 Å². The molecule has 13 heavy (non-hydrogen) atoms. The monoisotopic (exact) mass is 244 g/mol. The Morgan fingerprint density at radius 2 is 2.23 bits per heavy atom. The van der Waals surface area contributed by atoms with Gasteiger partial charge in [-0.3, -0.25) is 10.1 Å². The van der Waals surface area contributed by atoms with Crippen LogP contribution in [0.1, 0.15) is 12.5 Å². The van der Waals surface area contributed by atoms with E-state index >= 15 is 0 Å². The largest absolute Gasteiger partial charge is 0.392 e. The van der Waals surface area contributed by atoms with Gasteiger partial charge in [0.25, 0.3) is 5.69 Å². The highest BCUT2D eigenvalue weighted by molar-refractivity contribution is 9.10. The molecule has 4 nitrogen and oxygen atoms in total. The number of hydrogen-bond acceptors (Lipinski definition) is 3. The maximum atomic E-state index is 10.5. The standard InChI is InChI=1S/C8H9BrN2O2/c1-2-5-3-6(9)8(10)7(4-5)11(12)13/h3-4H,2,10H2,1H3. The molecule has 5 heteroatoms. The molecule has 1 rings (SSSR count). The minimum absolute atomic E-state index is 0.0359. The average Bonchev–Trinajstić information content (AvgIpc) is 2.09. The summed E-state index contributed by atoms with van der Waals surface area (Å²) in [5.41, 5.74) is 6.56. The fraction of sp³-hybridized carbons (Fsp3) is 0.250. The molecule has 0 heterocycles. The third kappa shape index (κ3) is 1.98. The first-order valence-electron chi connectivity index (χ1n) is 3.78. The molecule has 0 fully saturated rings. The van der Waals surface area contributed by atoms with Gasteiger partial charge in [-0.05, 0) is 34.0 Å². The molecule has 0 saturated heterocycles. The molecule has 70 valence electrons. The van der Waals surface area contributed by atoms with E-state index in [0.717, 1.165) is 12.0 Å². The van der Waals surface area contributed by atoms with Gasteiger partial charge in [0.1, 0.15) is 5.69 Å². The zero-order chi connectivity index (χ0) is 10.0. The Morgan fingerprint density at radius 3 is 2.69 bits per heavy atom. The topological polar surface area (TPSA) is 69.2 Å². The van der Waals surface area contributed by atoms with Crippen molar-refractivity contribution in [1.82, 2.24) is 0 Å². The molecule has 1 aromatic carbocycles. The SMILES string of the molecule is CCc1cc(Br)c(N)c([N+](=O)[O-])c1. The third-order valence-corrected chi connectivity index (χ3v) is 2.43. The van der Waals surface area contributed by atoms with Gasteiger partial charge < -0.3 is 5.73 Å². The number of hydrogen-bond donors (Lipinski definition) is 1.